The zero-order valence-electron chi connectivity index (χ0n) is 18.6. The normalized spacial score (nSPS) is 19.6. The Hall–Kier alpha value is -1.60. The third-order valence-electron chi connectivity index (χ3n) is 6.24. The van der Waals surface area contributed by atoms with E-state index in [4.69, 9.17) is 4.74 Å². The third-order valence-corrected chi connectivity index (χ3v) is 7.66. The molecule has 3 rings (SSSR count). The number of benzene rings is 1. The highest BCUT2D eigenvalue weighted by Crippen LogP contribution is 2.32. The predicted molar refractivity (Wildman–Crippen MR) is 118 cm³/mol. The fraction of sp³-hybridized carbons (Fsp3) is 0.696. The van der Waals surface area contributed by atoms with E-state index in [1.54, 1.807) is 12.1 Å². The van der Waals surface area contributed by atoms with E-state index in [2.05, 4.69) is 25.7 Å². The van der Waals surface area contributed by atoms with Crippen LogP contribution in [0.4, 0.5) is 0 Å². The highest BCUT2D eigenvalue weighted by atomic mass is 32.2. The van der Waals surface area contributed by atoms with E-state index in [9.17, 15) is 13.2 Å². The van der Waals surface area contributed by atoms with Crippen molar-refractivity contribution in [2.24, 2.45) is 0 Å². The Morgan fingerprint density at radius 2 is 1.93 bits per heavy atom. The number of carbonyl (C=O) groups is 1. The second kappa shape index (κ2) is 10.1. The zero-order valence-corrected chi connectivity index (χ0v) is 19.4. The maximum absolute atomic E-state index is 12.2. The van der Waals surface area contributed by atoms with Gasteiger partial charge in [0.05, 0.1) is 0 Å². The monoisotopic (exact) mass is 436 g/mol. The molecule has 2 aliphatic heterocycles. The van der Waals surface area contributed by atoms with E-state index in [0.29, 0.717) is 35.1 Å². The molecule has 1 aromatic rings. The Kier molecular flexibility index (Phi) is 7.80. The second-order valence-electron chi connectivity index (χ2n) is 8.94. The number of hydrogen-bond acceptors (Lipinski definition) is 5. The molecule has 0 radical (unpaired) electrons. The molecule has 2 aliphatic rings. The van der Waals surface area contributed by atoms with Crippen LogP contribution in [0.3, 0.4) is 0 Å². The molecule has 168 valence electrons. The number of nitrogens with zero attached hydrogens (tertiary/aromatic N) is 2. The van der Waals surface area contributed by atoms with Gasteiger partial charge >= 0.3 is 0 Å². The standard InChI is InChI=1S/C23H36N2O4S/c1-18(2)25(14-8-7-13-24-12-6-4-5-9-23(24)26)19(3)15-20-10-11-21-22(16-20)30(27,28)17-29-21/h10-11,16,18-19H,4-9,12-15,17H2,1-3H3. The Morgan fingerprint density at radius 1 is 1.13 bits per heavy atom. The average Bonchev–Trinajstić information content (AvgIpc) is 2.85. The van der Waals surface area contributed by atoms with Gasteiger partial charge in [-0.25, -0.2) is 8.42 Å². The average molecular weight is 437 g/mol. The van der Waals surface area contributed by atoms with Gasteiger partial charge in [-0.2, -0.15) is 0 Å². The van der Waals surface area contributed by atoms with Gasteiger partial charge in [0.2, 0.25) is 15.7 Å². The number of hydrogen-bond donors (Lipinski definition) is 0. The van der Waals surface area contributed by atoms with Crippen molar-refractivity contribution in [1.82, 2.24) is 9.80 Å². The van der Waals surface area contributed by atoms with Gasteiger partial charge < -0.3 is 9.64 Å². The summed E-state index contributed by atoms with van der Waals surface area (Å²) in [6, 6.07) is 6.23. The molecule has 1 aromatic carbocycles. The summed E-state index contributed by atoms with van der Waals surface area (Å²) in [4.78, 5) is 17.0. The molecule has 0 saturated carbocycles. The van der Waals surface area contributed by atoms with Gasteiger partial charge in [-0.1, -0.05) is 12.5 Å². The molecular weight excluding hydrogens is 400 g/mol. The Labute approximate surface area is 181 Å². The first kappa shape index (κ1) is 23.1. The van der Waals surface area contributed by atoms with Crippen molar-refractivity contribution in [3.8, 4) is 5.75 Å². The molecule has 0 N–H and O–H groups in total. The van der Waals surface area contributed by atoms with Crippen LogP contribution < -0.4 is 4.74 Å². The number of carbonyl (C=O) groups excluding carboxylic acids is 1. The van der Waals surface area contributed by atoms with Crippen LogP contribution in [0.2, 0.25) is 0 Å². The highest BCUT2D eigenvalue weighted by Gasteiger charge is 2.28. The SMILES string of the molecule is CC(C)N(CCCCN1CCCCCC1=O)C(C)Cc1ccc2c(c1)S(=O)(=O)CO2. The largest absolute Gasteiger partial charge is 0.476 e. The fourth-order valence-corrected chi connectivity index (χ4v) is 5.74. The van der Waals surface area contributed by atoms with Crippen LogP contribution >= 0.6 is 0 Å². The van der Waals surface area contributed by atoms with E-state index in [-0.39, 0.29) is 5.94 Å². The first-order chi connectivity index (χ1) is 14.3. The van der Waals surface area contributed by atoms with Gasteiger partial charge in [-0.3, -0.25) is 9.69 Å². The number of sulfone groups is 1. The molecule has 7 heteroatoms. The van der Waals surface area contributed by atoms with Crippen molar-refractivity contribution in [1.29, 1.82) is 0 Å². The minimum absolute atomic E-state index is 0.251. The minimum atomic E-state index is -3.30. The number of amides is 1. The van der Waals surface area contributed by atoms with Crippen molar-refractivity contribution < 1.29 is 17.9 Å². The molecule has 30 heavy (non-hydrogen) atoms. The number of ether oxygens (including phenoxy) is 1. The van der Waals surface area contributed by atoms with Crippen molar-refractivity contribution in [3.63, 3.8) is 0 Å². The summed E-state index contributed by atoms with van der Waals surface area (Å²) in [5.41, 5.74) is 1.02. The predicted octanol–water partition coefficient (Wildman–Crippen LogP) is 3.63. The van der Waals surface area contributed by atoms with Gasteiger partial charge in [0, 0.05) is 31.6 Å². The number of rotatable bonds is 9. The summed E-state index contributed by atoms with van der Waals surface area (Å²) >= 11 is 0. The summed E-state index contributed by atoms with van der Waals surface area (Å²) in [5, 5.41) is 0. The lowest BCUT2D eigenvalue weighted by molar-refractivity contribution is -0.130. The van der Waals surface area contributed by atoms with E-state index < -0.39 is 9.84 Å². The van der Waals surface area contributed by atoms with Crippen molar-refractivity contribution in [2.45, 2.75) is 82.7 Å². The van der Waals surface area contributed by atoms with E-state index in [0.717, 1.165) is 63.7 Å². The summed E-state index contributed by atoms with van der Waals surface area (Å²) in [6.07, 6.45) is 6.90. The molecule has 6 nitrogen and oxygen atoms in total. The molecule has 2 heterocycles. The molecule has 1 amide bonds. The Bertz CT molecular complexity index is 838. The topological polar surface area (TPSA) is 66.9 Å². The van der Waals surface area contributed by atoms with E-state index in [1.165, 1.54) is 0 Å². The molecule has 0 aliphatic carbocycles. The van der Waals surface area contributed by atoms with Gasteiger partial charge in [-0.15, -0.1) is 0 Å². The highest BCUT2D eigenvalue weighted by molar-refractivity contribution is 7.91. The number of fused-ring (bicyclic) bond motifs is 1. The van der Waals surface area contributed by atoms with Gasteiger partial charge in [0.1, 0.15) is 10.6 Å². The molecule has 1 atom stereocenters. The first-order valence-corrected chi connectivity index (χ1v) is 12.9. The third kappa shape index (κ3) is 5.76. The van der Waals surface area contributed by atoms with Crippen LogP contribution in [-0.4, -0.2) is 61.8 Å². The zero-order chi connectivity index (χ0) is 21.7. The van der Waals surface area contributed by atoms with Gasteiger partial charge in [0.15, 0.2) is 5.94 Å². The van der Waals surface area contributed by atoms with E-state index in [1.807, 2.05) is 11.0 Å². The molecule has 0 aromatic heterocycles. The molecule has 1 saturated heterocycles. The van der Waals surface area contributed by atoms with Crippen molar-refractivity contribution in [3.05, 3.63) is 23.8 Å². The molecule has 0 spiro atoms. The lowest BCUT2D eigenvalue weighted by atomic mass is 10.0. The number of unbranched alkanes of at least 4 members (excludes halogenated alkanes) is 1. The fourth-order valence-electron chi connectivity index (χ4n) is 4.56. The Balaban J connectivity index is 1.52. The maximum Gasteiger partial charge on any atom is 0.222 e. The van der Waals surface area contributed by atoms with Crippen LogP contribution in [0.5, 0.6) is 5.75 Å². The van der Waals surface area contributed by atoms with Crippen LogP contribution in [0, 0.1) is 0 Å². The summed E-state index contributed by atoms with van der Waals surface area (Å²) in [5.74, 6) is 0.534. The number of likely N-dealkylation sites (tertiary alicyclic amines) is 1. The Morgan fingerprint density at radius 3 is 2.70 bits per heavy atom. The van der Waals surface area contributed by atoms with Crippen molar-refractivity contribution in [2.75, 3.05) is 25.6 Å². The lowest BCUT2D eigenvalue weighted by Gasteiger charge is -2.33. The molecule has 1 unspecified atom stereocenters. The lowest BCUT2D eigenvalue weighted by Crippen LogP contribution is -2.41. The van der Waals surface area contributed by atoms with Gasteiger partial charge in [-0.05, 0) is 77.1 Å². The molecule has 1 fully saturated rings. The summed E-state index contributed by atoms with van der Waals surface area (Å²) in [7, 11) is -3.30. The quantitative estimate of drug-likeness (QED) is 0.553. The van der Waals surface area contributed by atoms with Crippen LogP contribution in [0.1, 0.15) is 64.9 Å². The van der Waals surface area contributed by atoms with Crippen LogP contribution in [-0.2, 0) is 21.1 Å². The van der Waals surface area contributed by atoms with Crippen LogP contribution in [0.15, 0.2) is 23.1 Å². The first-order valence-electron chi connectivity index (χ1n) is 11.3. The van der Waals surface area contributed by atoms with Gasteiger partial charge in [0.25, 0.3) is 0 Å². The second-order valence-corrected chi connectivity index (χ2v) is 10.8. The smallest absolute Gasteiger partial charge is 0.222 e. The molecular formula is C23H36N2O4S. The minimum Gasteiger partial charge on any atom is -0.476 e. The summed E-state index contributed by atoms with van der Waals surface area (Å²) in [6.45, 7) is 9.37. The van der Waals surface area contributed by atoms with Crippen molar-refractivity contribution >= 4 is 15.7 Å². The van der Waals surface area contributed by atoms with Crippen LogP contribution in [0.25, 0.3) is 0 Å². The van der Waals surface area contributed by atoms with E-state index >= 15 is 0 Å². The molecule has 0 bridgehead atoms. The summed E-state index contributed by atoms with van der Waals surface area (Å²) < 4.78 is 29.5. The maximum atomic E-state index is 12.2.